The molecule has 0 unspecified atom stereocenters. The number of amides is 1. The van der Waals surface area contributed by atoms with Crippen molar-refractivity contribution in [2.75, 3.05) is 13.1 Å². The van der Waals surface area contributed by atoms with Crippen LogP contribution in [0.15, 0.2) is 18.2 Å². The van der Waals surface area contributed by atoms with Crippen molar-refractivity contribution < 1.29 is 14.8 Å². The molecule has 7 heteroatoms. The number of piperidine rings is 1. The standard InChI is InChI=1S/C12H13ClN2O4/c13-10-4-3-8(6-11(10)15(18)19)12(17)14-5-1-2-9(16)7-14/h3-4,6,9,16H,1-2,5,7H2/t9-/m0/s1. The molecule has 1 aromatic carbocycles. The number of carbonyl (C=O) groups excluding carboxylic acids is 1. The van der Waals surface area contributed by atoms with Gasteiger partial charge in [-0.2, -0.15) is 0 Å². The highest BCUT2D eigenvalue weighted by atomic mass is 35.5. The molecule has 19 heavy (non-hydrogen) atoms. The van der Waals surface area contributed by atoms with Gasteiger partial charge in [-0.3, -0.25) is 14.9 Å². The van der Waals surface area contributed by atoms with E-state index < -0.39 is 11.0 Å². The van der Waals surface area contributed by atoms with Crippen LogP contribution in [0.1, 0.15) is 23.2 Å². The predicted octanol–water partition coefficient (Wildman–Crippen LogP) is 1.85. The Balaban J connectivity index is 2.24. The quantitative estimate of drug-likeness (QED) is 0.663. The molecule has 1 aliphatic rings. The lowest BCUT2D eigenvalue weighted by molar-refractivity contribution is -0.384. The van der Waals surface area contributed by atoms with E-state index in [2.05, 4.69) is 0 Å². The summed E-state index contributed by atoms with van der Waals surface area (Å²) >= 11 is 5.70. The smallest absolute Gasteiger partial charge is 0.288 e. The van der Waals surface area contributed by atoms with Crippen molar-refractivity contribution >= 4 is 23.2 Å². The lowest BCUT2D eigenvalue weighted by Crippen LogP contribution is -2.42. The number of nitrogens with zero attached hydrogens (tertiary/aromatic N) is 2. The molecule has 0 radical (unpaired) electrons. The maximum Gasteiger partial charge on any atom is 0.288 e. The van der Waals surface area contributed by atoms with Crippen LogP contribution in [0.3, 0.4) is 0 Å². The molecule has 0 saturated carbocycles. The van der Waals surface area contributed by atoms with E-state index in [1.165, 1.54) is 23.1 Å². The van der Waals surface area contributed by atoms with Gasteiger partial charge in [0.05, 0.1) is 11.0 Å². The number of hydrogen-bond acceptors (Lipinski definition) is 4. The Bertz CT molecular complexity index is 520. The van der Waals surface area contributed by atoms with Crippen LogP contribution in [0.5, 0.6) is 0 Å². The molecule has 1 atom stereocenters. The summed E-state index contributed by atoms with van der Waals surface area (Å²) in [5, 5.41) is 20.3. The number of likely N-dealkylation sites (tertiary alicyclic amines) is 1. The minimum atomic E-state index is -0.621. The third-order valence-corrected chi connectivity index (χ3v) is 3.39. The Hall–Kier alpha value is -1.66. The summed E-state index contributed by atoms with van der Waals surface area (Å²) in [4.78, 5) is 23.8. The molecule has 0 aliphatic carbocycles. The molecule has 1 aromatic rings. The van der Waals surface area contributed by atoms with Crippen LogP contribution in [-0.2, 0) is 0 Å². The Morgan fingerprint density at radius 1 is 1.53 bits per heavy atom. The zero-order valence-electron chi connectivity index (χ0n) is 10.1. The first-order valence-corrected chi connectivity index (χ1v) is 6.28. The van der Waals surface area contributed by atoms with E-state index in [1.807, 2.05) is 0 Å². The Morgan fingerprint density at radius 3 is 2.89 bits per heavy atom. The van der Waals surface area contributed by atoms with Crippen LogP contribution >= 0.6 is 11.6 Å². The van der Waals surface area contributed by atoms with E-state index in [0.717, 1.165) is 6.42 Å². The molecule has 6 nitrogen and oxygen atoms in total. The van der Waals surface area contributed by atoms with Crippen molar-refractivity contribution in [3.8, 4) is 0 Å². The summed E-state index contributed by atoms with van der Waals surface area (Å²) in [6.07, 6.45) is 0.868. The lowest BCUT2D eigenvalue weighted by Gasteiger charge is -2.30. The molecular weight excluding hydrogens is 272 g/mol. The number of nitro benzene ring substituents is 1. The summed E-state index contributed by atoms with van der Waals surface area (Å²) in [5.41, 5.74) is -0.0738. The van der Waals surface area contributed by atoms with Crippen LogP contribution in [0.25, 0.3) is 0 Å². The SMILES string of the molecule is O=C(c1ccc(Cl)c([N+](=O)[O-])c1)N1CCC[C@H](O)C1. The molecule has 1 aliphatic heterocycles. The van der Waals surface area contributed by atoms with Crippen molar-refractivity contribution in [1.82, 2.24) is 4.90 Å². The second-order valence-corrected chi connectivity index (χ2v) is 4.88. The molecule has 1 amide bonds. The van der Waals surface area contributed by atoms with E-state index in [-0.39, 0.29) is 28.7 Å². The summed E-state index contributed by atoms with van der Waals surface area (Å²) in [5.74, 6) is -0.321. The number of β-amino-alcohol motifs (C(OH)–C–C–N with tert-alkyl or cyclic N) is 1. The first-order valence-electron chi connectivity index (χ1n) is 5.90. The number of rotatable bonds is 2. The number of nitro groups is 1. The molecular formula is C12H13ClN2O4. The van der Waals surface area contributed by atoms with Gasteiger partial charge in [0.25, 0.3) is 11.6 Å². The fraction of sp³-hybridized carbons (Fsp3) is 0.417. The first-order chi connectivity index (χ1) is 8.99. The fourth-order valence-electron chi connectivity index (χ4n) is 2.11. The molecule has 102 valence electrons. The summed E-state index contributed by atoms with van der Waals surface area (Å²) in [7, 11) is 0. The van der Waals surface area contributed by atoms with E-state index in [4.69, 9.17) is 11.6 Å². The molecule has 1 fully saturated rings. The van der Waals surface area contributed by atoms with Crippen molar-refractivity contribution in [3.63, 3.8) is 0 Å². The molecule has 0 bridgehead atoms. The Morgan fingerprint density at radius 2 is 2.26 bits per heavy atom. The number of hydrogen-bond donors (Lipinski definition) is 1. The van der Waals surface area contributed by atoms with Gasteiger partial charge in [-0.15, -0.1) is 0 Å². The molecule has 2 rings (SSSR count). The molecule has 1 N–H and O–H groups in total. The van der Waals surface area contributed by atoms with E-state index in [1.54, 1.807) is 0 Å². The number of halogens is 1. The van der Waals surface area contributed by atoms with Gasteiger partial charge in [0, 0.05) is 24.7 Å². The number of carbonyl (C=O) groups is 1. The van der Waals surface area contributed by atoms with Gasteiger partial charge in [-0.1, -0.05) is 11.6 Å². The maximum absolute atomic E-state index is 12.2. The zero-order chi connectivity index (χ0) is 14.0. The third-order valence-electron chi connectivity index (χ3n) is 3.07. The van der Waals surface area contributed by atoms with Gasteiger partial charge in [0.15, 0.2) is 0 Å². The van der Waals surface area contributed by atoms with Crippen LogP contribution in [0, 0.1) is 10.1 Å². The largest absolute Gasteiger partial charge is 0.391 e. The second-order valence-electron chi connectivity index (χ2n) is 4.47. The Labute approximate surface area is 114 Å². The van der Waals surface area contributed by atoms with E-state index in [9.17, 15) is 20.0 Å². The van der Waals surface area contributed by atoms with Gasteiger partial charge in [0.2, 0.25) is 0 Å². The molecule has 1 saturated heterocycles. The fourth-order valence-corrected chi connectivity index (χ4v) is 2.29. The van der Waals surface area contributed by atoms with Crippen molar-refractivity contribution in [3.05, 3.63) is 38.9 Å². The third kappa shape index (κ3) is 3.02. The average Bonchev–Trinajstić information content (AvgIpc) is 2.38. The maximum atomic E-state index is 12.2. The van der Waals surface area contributed by atoms with E-state index in [0.29, 0.717) is 13.0 Å². The summed E-state index contributed by atoms with van der Waals surface area (Å²) in [6.45, 7) is 0.807. The van der Waals surface area contributed by atoms with Gasteiger partial charge in [0.1, 0.15) is 5.02 Å². The highest BCUT2D eigenvalue weighted by Crippen LogP contribution is 2.26. The number of benzene rings is 1. The highest BCUT2D eigenvalue weighted by Gasteiger charge is 2.24. The zero-order valence-corrected chi connectivity index (χ0v) is 10.8. The topological polar surface area (TPSA) is 83.7 Å². The van der Waals surface area contributed by atoms with E-state index >= 15 is 0 Å². The normalized spacial score (nSPS) is 19.3. The molecule has 0 aromatic heterocycles. The monoisotopic (exact) mass is 284 g/mol. The second kappa shape index (κ2) is 5.54. The van der Waals surface area contributed by atoms with Gasteiger partial charge >= 0.3 is 0 Å². The van der Waals surface area contributed by atoms with Crippen molar-refractivity contribution in [2.45, 2.75) is 18.9 Å². The lowest BCUT2D eigenvalue weighted by atomic mass is 10.1. The number of aliphatic hydroxyl groups is 1. The minimum absolute atomic E-state index is 0.000212. The van der Waals surface area contributed by atoms with Crippen LogP contribution in [0.2, 0.25) is 5.02 Å². The van der Waals surface area contributed by atoms with Crippen molar-refractivity contribution in [2.24, 2.45) is 0 Å². The minimum Gasteiger partial charge on any atom is -0.391 e. The van der Waals surface area contributed by atoms with Gasteiger partial charge < -0.3 is 10.0 Å². The molecule has 0 spiro atoms. The predicted molar refractivity (Wildman–Crippen MR) is 69.3 cm³/mol. The van der Waals surface area contributed by atoms with Crippen molar-refractivity contribution in [1.29, 1.82) is 0 Å². The summed E-state index contributed by atoms with van der Waals surface area (Å²) < 4.78 is 0. The van der Waals surface area contributed by atoms with Crippen LogP contribution in [-0.4, -0.2) is 40.0 Å². The summed E-state index contributed by atoms with van der Waals surface area (Å²) in [6, 6.07) is 3.97. The van der Waals surface area contributed by atoms with Crippen LogP contribution in [0.4, 0.5) is 5.69 Å². The van der Waals surface area contributed by atoms with Gasteiger partial charge in [-0.05, 0) is 25.0 Å². The first kappa shape index (κ1) is 13.8. The Kier molecular flexibility index (Phi) is 4.01. The average molecular weight is 285 g/mol. The number of aliphatic hydroxyl groups excluding tert-OH is 1. The van der Waals surface area contributed by atoms with Crippen LogP contribution < -0.4 is 0 Å². The van der Waals surface area contributed by atoms with Gasteiger partial charge in [-0.25, -0.2) is 0 Å². The highest BCUT2D eigenvalue weighted by molar-refractivity contribution is 6.32. The molecule has 1 heterocycles.